The number of rotatable bonds is 2. The summed E-state index contributed by atoms with van der Waals surface area (Å²) in [6.07, 6.45) is 0.425. The Bertz CT molecular complexity index is 346. The molecule has 0 saturated carbocycles. The largest absolute Gasteiger partial charge is 1.00 e. The van der Waals surface area contributed by atoms with E-state index in [0.717, 1.165) is 0 Å². The molecule has 86 valence electrons. The molecule has 0 aliphatic carbocycles. The maximum atomic E-state index is 9.90. The molecule has 0 atom stereocenters. The van der Waals surface area contributed by atoms with Gasteiger partial charge >= 0.3 is 29.6 Å². The van der Waals surface area contributed by atoms with Gasteiger partial charge < -0.3 is 12.9 Å². The monoisotopic (exact) mass is 260 g/mol. The van der Waals surface area contributed by atoms with Crippen LogP contribution >= 0.6 is 0 Å². The molecule has 1 aromatic rings. The molecule has 1 rings (SSSR count). The zero-order valence-corrected chi connectivity index (χ0v) is 11.0. The first kappa shape index (κ1) is 17.5. The van der Waals surface area contributed by atoms with E-state index >= 15 is 0 Å². The van der Waals surface area contributed by atoms with Gasteiger partial charge in [0, 0.05) is 0 Å². The third kappa shape index (κ3) is 9.70. The van der Waals surface area contributed by atoms with Crippen molar-refractivity contribution in [1.29, 1.82) is 0 Å². The average molecular weight is 260 g/mol. The summed E-state index contributed by atoms with van der Waals surface area (Å²) in [5, 5.41) is 2.19. The fourth-order valence-electron chi connectivity index (χ4n) is 0.527. The van der Waals surface area contributed by atoms with Crippen LogP contribution in [-0.2, 0) is 16.2 Å². The smallest absolute Gasteiger partial charge is 1.00 e. The van der Waals surface area contributed by atoms with Crippen LogP contribution in [-0.4, -0.2) is 34.7 Å². The van der Waals surface area contributed by atoms with E-state index in [1.165, 1.54) is 0 Å². The molecule has 16 heavy (non-hydrogen) atoms. The predicted molar refractivity (Wildman–Crippen MR) is 52.9 cm³/mol. The van der Waals surface area contributed by atoms with E-state index in [9.17, 15) is 4.79 Å². The van der Waals surface area contributed by atoms with Crippen molar-refractivity contribution in [3.05, 3.63) is 0 Å². The van der Waals surface area contributed by atoms with E-state index in [-0.39, 0.29) is 48.8 Å². The topological polar surface area (TPSA) is 177 Å². The van der Waals surface area contributed by atoms with Crippen LogP contribution in [0.3, 0.4) is 0 Å². The molecule has 0 radical (unpaired) electrons. The number of nitrogens with two attached hydrogens (primary N) is 2. The van der Waals surface area contributed by atoms with Crippen molar-refractivity contribution in [3.8, 4) is 0 Å². The minimum absolute atomic E-state index is 0. The van der Waals surface area contributed by atoms with Crippen LogP contribution in [0.1, 0.15) is 1.43 Å². The van der Waals surface area contributed by atoms with Crippen LogP contribution in [0.25, 0.3) is 0 Å². The van der Waals surface area contributed by atoms with Gasteiger partial charge in [0.15, 0.2) is 0 Å². The Morgan fingerprint density at radius 2 is 1.62 bits per heavy atom. The van der Waals surface area contributed by atoms with Gasteiger partial charge in [-0.3, -0.25) is 19.2 Å². The predicted octanol–water partition coefficient (Wildman–Crippen LogP) is -4.60. The van der Waals surface area contributed by atoms with Crippen molar-refractivity contribution < 1.29 is 49.1 Å². The summed E-state index contributed by atoms with van der Waals surface area (Å²) >= 11 is -2.61. The summed E-state index contributed by atoms with van der Waals surface area (Å²) in [7, 11) is 0. The molecular formula is C4H9N6NaO4S. The Hall–Kier alpha value is -0.850. The Morgan fingerprint density at radius 1 is 1.25 bits per heavy atom. The second-order valence-electron chi connectivity index (χ2n) is 1.87. The van der Waals surface area contributed by atoms with Gasteiger partial charge in [-0.25, -0.2) is 0 Å². The first-order valence-electron chi connectivity index (χ1n) is 3.23. The standard InChI is InChI=1S/C4H6N6O.Na.H2O3S.H/c5-2-8-3(6)10-4(9-2)7-1-11;;1-4(2)3;/h1H,(H5,5,6,7,8,9,10,11);;(H2,1,2,3);/q;+1;;-1. The van der Waals surface area contributed by atoms with Gasteiger partial charge in [-0.15, -0.1) is 0 Å². The molecule has 0 spiro atoms. The van der Waals surface area contributed by atoms with Crippen LogP contribution in [0.5, 0.6) is 0 Å². The fraction of sp³-hybridized carbons (Fsp3) is 0. The summed E-state index contributed by atoms with van der Waals surface area (Å²) < 4.78 is 22.8. The second kappa shape index (κ2) is 9.38. The first-order chi connectivity index (χ1) is 6.95. The van der Waals surface area contributed by atoms with Crippen LogP contribution in [0.4, 0.5) is 17.8 Å². The number of amides is 1. The summed E-state index contributed by atoms with van der Waals surface area (Å²) in [6, 6.07) is 0. The molecule has 0 saturated heterocycles. The Labute approximate surface area is 116 Å². The number of nitrogens with one attached hydrogen (secondary N) is 1. The number of anilines is 3. The van der Waals surface area contributed by atoms with Gasteiger partial charge in [-0.05, 0) is 0 Å². The third-order valence-corrected chi connectivity index (χ3v) is 0.858. The number of hydrogen-bond donors (Lipinski definition) is 5. The molecule has 0 aliphatic rings. The second-order valence-corrected chi connectivity index (χ2v) is 2.33. The van der Waals surface area contributed by atoms with Crippen molar-refractivity contribution >= 4 is 35.6 Å². The van der Waals surface area contributed by atoms with E-state index in [1.807, 2.05) is 0 Å². The number of carbonyl (C=O) groups excluding carboxylic acids is 1. The van der Waals surface area contributed by atoms with Crippen molar-refractivity contribution in [2.45, 2.75) is 0 Å². The molecule has 0 bridgehead atoms. The van der Waals surface area contributed by atoms with Crippen molar-refractivity contribution in [3.63, 3.8) is 0 Å². The molecule has 12 heteroatoms. The third-order valence-electron chi connectivity index (χ3n) is 0.858. The van der Waals surface area contributed by atoms with E-state index in [4.69, 9.17) is 24.8 Å². The van der Waals surface area contributed by atoms with E-state index < -0.39 is 11.4 Å². The molecular weight excluding hydrogens is 251 g/mol. The minimum Gasteiger partial charge on any atom is -1.00 e. The van der Waals surface area contributed by atoms with Crippen molar-refractivity contribution in [2.24, 2.45) is 0 Å². The van der Waals surface area contributed by atoms with E-state index in [2.05, 4.69) is 20.3 Å². The average Bonchev–Trinajstić information content (AvgIpc) is 2.00. The normalized spacial score (nSPS) is 8.44. The molecule has 0 fully saturated rings. The number of nitrogen functional groups attached to an aromatic ring is 2. The van der Waals surface area contributed by atoms with Gasteiger partial charge in [0.1, 0.15) is 0 Å². The van der Waals surface area contributed by atoms with E-state index in [1.54, 1.807) is 0 Å². The van der Waals surface area contributed by atoms with Crippen LogP contribution in [0.15, 0.2) is 0 Å². The number of hydrogen-bond acceptors (Lipinski definition) is 7. The summed E-state index contributed by atoms with van der Waals surface area (Å²) in [6.45, 7) is 0. The molecule has 10 nitrogen and oxygen atoms in total. The Kier molecular flexibility index (Phi) is 10.3. The maximum Gasteiger partial charge on any atom is 1.00 e. The van der Waals surface area contributed by atoms with Gasteiger partial charge in [-0.1, -0.05) is 0 Å². The zero-order valence-electron chi connectivity index (χ0n) is 9.19. The number of carbonyl (C=O) groups is 1. The van der Waals surface area contributed by atoms with Gasteiger partial charge in [0.2, 0.25) is 24.3 Å². The van der Waals surface area contributed by atoms with Crippen molar-refractivity contribution in [2.75, 3.05) is 16.8 Å². The quantitative estimate of drug-likeness (QED) is 0.199. The molecule has 0 unspecified atom stereocenters. The van der Waals surface area contributed by atoms with E-state index in [0.29, 0.717) is 6.41 Å². The minimum atomic E-state index is -2.61. The van der Waals surface area contributed by atoms with Crippen LogP contribution < -0.4 is 46.3 Å². The number of nitrogens with zero attached hydrogens (tertiary/aromatic N) is 3. The fourth-order valence-corrected chi connectivity index (χ4v) is 0.527. The summed E-state index contributed by atoms with van der Waals surface area (Å²) in [5.74, 6) is -0.00583. The molecule has 1 heterocycles. The number of aromatic nitrogens is 3. The zero-order chi connectivity index (χ0) is 11.8. The molecule has 7 N–H and O–H groups in total. The maximum absolute atomic E-state index is 9.90. The van der Waals surface area contributed by atoms with Crippen LogP contribution in [0, 0.1) is 0 Å². The Morgan fingerprint density at radius 3 is 1.94 bits per heavy atom. The molecule has 1 amide bonds. The molecule has 1 aromatic heterocycles. The van der Waals surface area contributed by atoms with Gasteiger partial charge in [0.25, 0.3) is 11.4 Å². The summed E-state index contributed by atoms with van der Waals surface area (Å²) in [4.78, 5) is 20.5. The SMILES string of the molecule is Nc1nc(N)nc(NC=O)n1.O=S(O)O.[H-].[Na+]. The molecule has 0 aromatic carbocycles. The summed E-state index contributed by atoms with van der Waals surface area (Å²) in [5.41, 5.74) is 10.4. The van der Waals surface area contributed by atoms with Gasteiger partial charge in [-0.2, -0.15) is 19.2 Å². The van der Waals surface area contributed by atoms with Gasteiger partial charge in [0.05, 0.1) is 0 Å². The Balaban J connectivity index is -0.000000289. The van der Waals surface area contributed by atoms with Crippen molar-refractivity contribution in [1.82, 2.24) is 15.0 Å². The molecule has 0 aliphatic heterocycles. The first-order valence-corrected chi connectivity index (χ1v) is 4.29. The van der Waals surface area contributed by atoms with Crippen LogP contribution in [0.2, 0.25) is 0 Å².